The van der Waals surface area contributed by atoms with Crippen molar-refractivity contribution in [2.75, 3.05) is 25.1 Å². The smallest absolute Gasteiger partial charge is 0.340 e. The van der Waals surface area contributed by atoms with E-state index in [-0.39, 0.29) is 23.8 Å². The highest BCUT2D eigenvalue weighted by atomic mass is 32.2. The van der Waals surface area contributed by atoms with Gasteiger partial charge in [-0.25, -0.2) is 4.79 Å². The molecule has 2 aliphatic heterocycles. The third-order valence-electron chi connectivity index (χ3n) is 4.81. The second-order valence-corrected chi connectivity index (χ2v) is 7.34. The molecule has 0 aromatic heterocycles. The normalized spacial score (nSPS) is 16.7. The molecule has 0 bridgehead atoms. The van der Waals surface area contributed by atoms with Crippen LogP contribution in [0.25, 0.3) is 6.08 Å². The van der Waals surface area contributed by atoms with E-state index in [1.807, 2.05) is 36.6 Å². The largest absolute Gasteiger partial charge is 0.465 e. The van der Waals surface area contributed by atoms with Gasteiger partial charge in [-0.3, -0.25) is 9.69 Å². The van der Waals surface area contributed by atoms with E-state index in [1.54, 1.807) is 41.8 Å². The average Bonchev–Trinajstić information content (AvgIpc) is 3.29. The van der Waals surface area contributed by atoms with Crippen molar-refractivity contribution in [2.45, 2.75) is 11.8 Å². The van der Waals surface area contributed by atoms with Crippen LogP contribution < -0.4 is 14.4 Å². The van der Waals surface area contributed by atoms with Gasteiger partial charge < -0.3 is 14.2 Å². The third kappa shape index (κ3) is 3.38. The molecule has 1 amide bonds. The number of hydrogen-bond acceptors (Lipinski definition) is 6. The monoisotopic (exact) mass is 409 g/mol. The third-order valence-corrected chi connectivity index (χ3v) is 5.53. The molecule has 0 spiro atoms. The van der Waals surface area contributed by atoms with Gasteiger partial charge in [0, 0.05) is 10.6 Å². The van der Waals surface area contributed by atoms with Gasteiger partial charge in [-0.2, -0.15) is 0 Å². The van der Waals surface area contributed by atoms with Crippen LogP contribution in [0.5, 0.6) is 11.5 Å². The first-order chi connectivity index (χ1) is 14.0. The van der Waals surface area contributed by atoms with Crippen molar-refractivity contribution < 1.29 is 23.8 Å². The molecule has 29 heavy (non-hydrogen) atoms. The maximum Gasteiger partial charge on any atom is 0.340 e. The van der Waals surface area contributed by atoms with Crippen LogP contribution >= 0.6 is 11.8 Å². The summed E-state index contributed by atoms with van der Waals surface area (Å²) in [6.45, 7) is 1.91. The molecule has 0 atom stereocenters. The number of nitrogens with zero attached hydrogens (tertiary/aromatic N) is 1. The quantitative estimate of drug-likeness (QED) is 0.432. The summed E-state index contributed by atoms with van der Waals surface area (Å²) in [4.78, 5) is 28.4. The van der Waals surface area contributed by atoms with E-state index < -0.39 is 5.97 Å². The lowest BCUT2D eigenvalue weighted by Crippen LogP contribution is -2.24. The number of anilines is 1. The van der Waals surface area contributed by atoms with E-state index in [2.05, 4.69) is 0 Å². The Kier molecular flexibility index (Phi) is 5.07. The van der Waals surface area contributed by atoms with Crippen LogP contribution in [0.1, 0.15) is 12.5 Å². The number of methoxy groups -OCH3 is 1. The fraction of sp³-hybridized carbons (Fsp3) is 0.182. The summed E-state index contributed by atoms with van der Waals surface area (Å²) in [5.74, 6) is 0.431. The van der Waals surface area contributed by atoms with Crippen molar-refractivity contribution in [3.8, 4) is 11.5 Å². The molecule has 2 heterocycles. The Labute approximate surface area is 172 Å². The molecule has 2 aliphatic rings. The molecule has 0 saturated heterocycles. The van der Waals surface area contributed by atoms with Gasteiger partial charge >= 0.3 is 5.97 Å². The fourth-order valence-electron chi connectivity index (χ4n) is 3.41. The summed E-state index contributed by atoms with van der Waals surface area (Å²) >= 11 is 1.58. The second kappa shape index (κ2) is 7.67. The van der Waals surface area contributed by atoms with Crippen LogP contribution in [0.3, 0.4) is 0 Å². The van der Waals surface area contributed by atoms with Gasteiger partial charge in [0.25, 0.3) is 5.91 Å². The first-order valence-corrected chi connectivity index (χ1v) is 10.2. The zero-order chi connectivity index (χ0) is 20.5. The maximum absolute atomic E-state index is 13.3. The minimum Gasteiger partial charge on any atom is -0.465 e. The molecule has 2 aromatic carbocycles. The van der Waals surface area contributed by atoms with Gasteiger partial charge in [0.05, 0.1) is 23.9 Å². The Bertz CT molecular complexity index is 1070. The van der Waals surface area contributed by atoms with E-state index >= 15 is 0 Å². The molecule has 0 saturated carbocycles. The topological polar surface area (TPSA) is 65.1 Å². The van der Waals surface area contributed by atoms with E-state index in [4.69, 9.17) is 14.2 Å². The molecular formula is C22H19NO5S. The van der Waals surface area contributed by atoms with Gasteiger partial charge in [-0.05, 0) is 55.2 Å². The van der Waals surface area contributed by atoms with Crippen molar-refractivity contribution in [1.29, 1.82) is 0 Å². The SMILES string of the molecule is COC(=O)C1=C(C)N(c2cccc(SC)c2)C(=O)/C1=C\c1ccc2c(c1)OCO2. The van der Waals surface area contributed by atoms with Crippen molar-refractivity contribution in [3.05, 3.63) is 64.9 Å². The van der Waals surface area contributed by atoms with E-state index in [0.29, 0.717) is 22.9 Å². The van der Waals surface area contributed by atoms with Crippen LogP contribution in [-0.2, 0) is 14.3 Å². The van der Waals surface area contributed by atoms with Gasteiger partial charge in [0.2, 0.25) is 6.79 Å². The summed E-state index contributed by atoms with van der Waals surface area (Å²) in [6.07, 6.45) is 3.65. The average molecular weight is 409 g/mol. The molecule has 2 aromatic rings. The summed E-state index contributed by atoms with van der Waals surface area (Å²) in [5.41, 5.74) is 2.50. The van der Waals surface area contributed by atoms with Crippen LogP contribution in [0.4, 0.5) is 5.69 Å². The molecule has 0 aliphatic carbocycles. The fourth-order valence-corrected chi connectivity index (χ4v) is 3.86. The van der Waals surface area contributed by atoms with Crippen molar-refractivity contribution in [3.63, 3.8) is 0 Å². The highest BCUT2D eigenvalue weighted by Gasteiger charge is 2.38. The highest BCUT2D eigenvalue weighted by Crippen LogP contribution is 2.38. The Balaban J connectivity index is 1.81. The van der Waals surface area contributed by atoms with Crippen LogP contribution in [0.2, 0.25) is 0 Å². The number of esters is 1. The van der Waals surface area contributed by atoms with Gasteiger partial charge in [0.1, 0.15) is 0 Å². The predicted octanol–water partition coefficient (Wildman–Crippen LogP) is 4.01. The van der Waals surface area contributed by atoms with Crippen molar-refractivity contribution in [1.82, 2.24) is 0 Å². The number of ether oxygens (including phenoxy) is 3. The molecular weight excluding hydrogens is 390 g/mol. The molecule has 0 fully saturated rings. The van der Waals surface area contributed by atoms with E-state index in [9.17, 15) is 9.59 Å². The van der Waals surface area contributed by atoms with Crippen molar-refractivity contribution in [2.24, 2.45) is 0 Å². The maximum atomic E-state index is 13.3. The number of allylic oxidation sites excluding steroid dienone is 1. The number of benzene rings is 2. The predicted molar refractivity (Wildman–Crippen MR) is 111 cm³/mol. The number of rotatable bonds is 4. The minimum absolute atomic E-state index is 0.167. The standard InChI is InChI=1S/C22H19NO5S/c1-13-20(22(25)26-2)17(9-14-7-8-18-19(10-14)28-12-27-18)21(24)23(13)15-5-4-6-16(11-15)29-3/h4-11H,12H2,1-3H3/b17-9-. The van der Waals surface area contributed by atoms with Gasteiger partial charge in [-0.15, -0.1) is 11.8 Å². The molecule has 0 N–H and O–H groups in total. The number of hydrogen-bond donors (Lipinski definition) is 0. The summed E-state index contributed by atoms with van der Waals surface area (Å²) in [7, 11) is 1.31. The Morgan fingerprint density at radius 2 is 1.97 bits per heavy atom. The zero-order valence-electron chi connectivity index (χ0n) is 16.2. The number of carbonyl (C=O) groups is 2. The summed E-state index contributed by atoms with van der Waals surface area (Å²) in [6, 6.07) is 13.0. The number of thioether (sulfide) groups is 1. The second-order valence-electron chi connectivity index (χ2n) is 6.46. The number of fused-ring (bicyclic) bond motifs is 1. The zero-order valence-corrected chi connectivity index (χ0v) is 17.0. The lowest BCUT2D eigenvalue weighted by atomic mass is 10.0. The molecule has 0 radical (unpaired) electrons. The minimum atomic E-state index is -0.550. The molecule has 4 rings (SSSR count). The summed E-state index contributed by atoms with van der Waals surface area (Å²) < 4.78 is 15.7. The number of amides is 1. The first-order valence-electron chi connectivity index (χ1n) is 8.93. The van der Waals surface area contributed by atoms with Crippen LogP contribution in [0.15, 0.2) is 64.2 Å². The Morgan fingerprint density at radius 1 is 1.17 bits per heavy atom. The molecule has 6 nitrogen and oxygen atoms in total. The van der Waals surface area contributed by atoms with Crippen LogP contribution in [0, 0.1) is 0 Å². The number of carbonyl (C=O) groups excluding carboxylic acids is 2. The molecule has 0 unspecified atom stereocenters. The first kappa shape index (κ1) is 19.1. The van der Waals surface area contributed by atoms with E-state index in [1.165, 1.54) is 7.11 Å². The Hall–Kier alpha value is -3.19. The molecule has 148 valence electrons. The molecule has 7 heteroatoms. The van der Waals surface area contributed by atoms with Crippen LogP contribution in [-0.4, -0.2) is 32.0 Å². The van der Waals surface area contributed by atoms with Gasteiger partial charge in [-0.1, -0.05) is 12.1 Å². The highest BCUT2D eigenvalue weighted by molar-refractivity contribution is 7.98. The summed E-state index contributed by atoms with van der Waals surface area (Å²) in [5, 5.41) is 0. The van der Waals surface area contributed by atoms with E-state index in [0.717, 1.165) is 10.5 Å². The lowest BCUT2D eigenvalue weighted by molar-refractivity contribution is -0.136. The lowest BCUT2D eigenvalue weighted by Gasteiger charge is -2.18. The van der Waals surface area contributed by atoms with Gasteiger partial charge in [0.15, 0.2) is 11.5 Å². The van der Waals surface area contributed by atoms with Crippen molar-refractivity contribution >= 4 is 35.4 Å². The Morgan fingerprint density at radius 3 is 2.72 bits per heavy atom.